The monoisotopic (exact) mass is 408 g/mol. The van der Waals surface area contributed by atoms with Crippen LogP contribution in [0, 0.1) is 6.92 Å². The second-order valence-corrected chi connectivity index (χ2v) is 7.44. The summed E-state index contributed by atoms with van der Waals surface area (Å²) < 4.78 is 1.60. The van der Waals surface area contributed by atoms with Crippen LogP contribution in [-0.2, 0) is 0 Å². The molecule has 0 bridgehead atoms. The van der Waals surface area contributed by atoms with Gasteiger partial charge in [-0.3, -0.25) is 9.59 Å². The Kier molecular flexibility index (Phi) is 5.36. The number of carbonyl (C=O) groups is 1. The van der Waals surface area contributed by atoms with Crippen LogP contribution in [0.3, 0.4) is 0 Å². The number of aromatic nitrogens is 2. The maximum absolute atomic E-state index is 13.0. The highest BCUT2D eigenvalue weighted by atomic mass is 35.5. The summed E-state index contributed by atoms with van der Waals surface area (Å²) in [6.07, 6.45) is 0. The van der Waals surface area contributed by atoms with E-state index in [-0.39, 0.29) is 17.0 Å². The Hall–Kier alpha value is -3.12. The normalized spacial score (nSPS) is 14.1. The molecule has 2 heterocycles. The molecule has 0 aliphatic carbocycles. The van der Waals surface area contributed by atoms with Gasteiger partial charge in [-0.15, -0.1) is 0 Å². The van der Waals surface area contributed by atoms with Crippen LogP contribution >= 0.6 is 11.6 Å². The average molecular weight is 409 g/mol. The molecule has 1 aliphatic rings. The van der Waals surface area contributed by atoms with E-state index in [1.54, 1.807) is 40.8 Å². The van der Waals surface area contributed by atoms with Gasteiger partial charge in [0.1, 0.15) is 0 Å². The van der Waals surface area contributed by atoms with Gasteiger partial charge in [0.2, 0.25) is 5.43 Å². The average Bonchev–Trinajstić information content (AvgIpc) is 2.75. The Bertz CT molecular complexity index is 1070. The van der Waals surface area contributed by atoms with E-state index in [4.69, 9.17) is 11.6 Å². The van der Waals surface area contributed by atoms with Crippen LogP contribution in [0.4, 0.5) is 5.69 Å². The smallest absolute Gasteiger partial charge is 0.278 e. The topological polar surface area (TPSA) is 58.4 Å². The van der Waals surface area contributed by atoms with Crippen molar-refractivity contribution in [3.05, 3.63) is 87.3 Å². The summed E-state index contributed by atoms with van der Waals surface area (Å²) in [6, 6.07) is 18.7. The summed E-state index contributed by atoms with van der Waals surface area (Å²) in [7, 11) is 0. The quantitative estimate of drug-likeness (QED) is 0.668. The van der Waals surface area contributed by atoms with Crippen molar-refractivity contribution < 1.29 is 4.79 Å². The van der Waals surface area contributed by atoms with Gasteiger partial charge in [0.25, 0.3) is 5.91 Å². The Morgan fingerprint density at radius 1 is 0.931 bits per heavy atom. The number of anilines is 1. The molecule has 0 saturated carbocycles. The molecule has 148 valence electrons. The fourth-order valence-electron chi connectivity index (χ4n) is 3.50. The maximum Gasteiger partial charge on any atom is 0.278 e. The van der Waals surface area contributed by atoms with Crippen molar-refractivity contribution in [2.24, 2.45) is 0 Å². The Labute approximate surface area is 173 Å². The van der Waals surface area contributed by atoms with Crippen LogP contribution in [0.15, 0.2) is 65.5 Å². The van der Waals surface area contributed by atoms with Crippen molar-refractivity contribution in [1.82, 2.24) is 14.7 Å². The van der Waals surface area contributed by atoms with E-state index in [0.717, 1.165) is 11.4 Å². The molecule has 4 rings (SSSR count). The summed E-state index contributed by atoms with van der Waals surface area (Å²) >= 11 is 5.96. The number of amides is 1. The van der Waals surface area contributed by atoms with Crippen molar-refractivity contribution >= 4 is 23.2 Å². The molecule has 0 unspecified atom stereocenters. The lowest BCUT2D eigenvalue weighted by Crippen LogP contribution is -2.50. The number of halogens is 1. The van der Waals surface area contributed by atoms with Crippen LogP contribution in [0.5, 0.6) is 0 Å². The van der Waals surface area contributed by atoms with Crippen molar-refractivity contribution in [2.75, 3.05) is 31.1 Å². The zero-order valence-corrected chi connectivity index (χ0v) is 16.8. The molecule has 0 radical (unpaired) electrons. The molecule has 1 fully saturated rings. The standard InChI is InChI=1S/C22H21ClN4O2/c1-16-15-20(28)21(24-27(16)19-9-7-17(23)8-10-19)22(29)26-13-11-25(12-14-26)18-5-3-2-4-6-18/h2-10,15H,11-14H2,1H3. The van der Waals surface area contributed by atoms with Crippen LogP contribution in [-0.4, -0.2) is 46.8 Å². The minimum absolute atomic E-state index is 0.0567. The van der Waals surface area contributed by atoms with Gasteiger partial charge in [-0.2, -0.15) is 5.10 Å². The molecule has 29 heavy (non-hydrogen) atoms. The van der Waals surface area contributed by atoms with Gasteiger partial charge in [-0.1, -0.05) is 29.8 Å². The number of hydrogen-bond acceptors (Lipinski definition) is 4. The van der Waals surface area contributed by atoms with Crippen LogP contribution in [0.25, 0.3) is 5.69 Å². The molecule has 7 heteroatoms. The SMILES string of the molecule is Cc1cc(=O)c(C(=O)N2CCN(c3ccccc3)CC2)nn1-c1ccc(Cl)cc1. The molecule has 0 spiro atoms. The lowest BCUT2D eigenvalue weighted by molar-refractivity contribution is 0.0737. The highest BCUT2D eigenvalue weighted by Gasteiger charge is 2.25. The van der Waals surface area contributed by atoms with Gasteiger partial charge in [0.15, 0.2) is 5.69 Å². The van der Waals surface area contributed by atoms with E-state index in [1.807, 2.05) is 18.2 Å². The number of rotatable bonds is 3. The third-order valence-corrected chi connectivity index (χ3v) is 5.32. The second-order valence-electron chi connectivity index (χ2n) is 7.00. The molecule has 1 aromatic heterocycles. The van der Waals surface area contributed by atoms with E-state index in [9.17, 15) is 9.59 Å². The summed E-state index contributed by atoms with van der Waals surface area (Å²) in [4.78, 5) is 29.4. The summed E-state index contributed by atoms with van der Waals surface area (Å²) in [5, 5.41) is 4.99. The van der Waals surface area contributed by atoms with E-state index >= 15 is 0 Å². The van der Waals surface area contributed by atoms with Crippen molar-refractivity contribution in [2.45, 2.75) is 6.92 Å². The van der Waals surface area contributed by atoms with Crippen LogP contribution in [0.2, 0.25) is 5.02 Å². The van der Waals surface area contributed by atoms with Crippen molar-refractivity contribution in [3.8, 4) is 5.69 Å². The minimum Gasteiger partial charge on any atom is -0.368 e. The van der Waals surface area contributed by atoms with Gasteiger partial charge in [0.05, 0.1) is 5.69 Å². The molecule has 1 saturated heterocycles. The molecular weight excluding hydrogens is 388 g/mol. The first-order chi connectivity index (χ1) is 14.0. The Morgan fingerprint density at radius 2 is 1.59 bits per heavy atom. The number of para-hydroxylation sites is 1. The largest absolute Gasteiger partial charge is 0.368 e. The molecule has 2 aromatic carbocycles. The predicted octanol–water partition coefficient (Wildman–Crippen LogP) is 3.16. The van der Waals surface area contributed by atoms with E-state index in [2.05, 4.69) is 22.1 Å². The minimum atomic E-state index is -0.358. The third kappa shape index (κ3) is 4.03. The lowest BCUT2D eigenvalue weighted by Gasteiger charge is -2.35. The number of aryl methyl sites for hydroxylation is 1. The van der Waals surface area contributed by atoms with Gasteiger partial charge < -0.3 is 9.80 Å². The van der Waals surface area contributed by atoms with E-state index in [0.29, 0.717) is 36.9 Å². The van der Waals surface area contributed by atoms with Gasteiger partial charge in [0, 0.05) is 48.6 Å². The van der Waals surface area contributed by atoms with Gasteiger partial charge in [-0.05, 0) is 43.3 Å². The number of benzene rings is 2. The molecule has 3 aromatic rings. The number of carbonyl (C=O) groups excluding carboxylic acids is 1. The fourth-order valence-corrected chi connectivity index (χ4v) is 3.62. The molecule has 0 N–H and O–H groups in total. The number of piperazine rings is 1. The Balaban J connectivity index is 1.55. The number of hydrogen-bond donors (Lipinski definition) is 0. The summed E-state index contributed by atoms with van der Waals surface area (Å²) in [6.45, 7) is 4.31. The highest BCUT2D eigenvalue weighted by molar-refractivity contribution is 6.30. The predicted molar refractivity (Wildman–Crippen MR) is 114 cm³/mol. The Morgan fingerprint density at radius 3 is 2.24 bits per heavy atom. The first-order valence-corrected chi connectivity index (χ1v) is 9.87. The lowest BCUT2D eigenvalue weighted by atomic mass is 10.2. The zero-order chi connectivity index (χ0) is 20.4. The molecule has 6 nitrogen and oxygen atoms in total. The first-order valence-electron chi connectivity index (χ1n) is 9.49. The van der Waals surface area contributed by atoms with Gasteiger partial charge in [-0.25, -0.2) is 4.68 Å². The van der Waals surface area contributed by atoms with Crippen molar-refractivity contribution in [3.63, 3.8) is 0 Å². The fraction of sp³-hybridized carbons (Fsp3) is 0.227. The number of nitrogens with zero attached hydrogens (tertiary/aromatic N) is 4. The van der Waals surface area contributed by atoms with Crippen molar-refractivity contribution in [1.29, 1.82) is 0 Å². The highest BCUT2D eigenvalue weighted by Crippen LogP contribution is 2.17. The van der Waals surface area contributed by atoms with E-state index < -0.39 is 0 Å². The van der Waals surface area contributed by atoms with Gasteiger partial charge >= 0.3 is 0 Å². The second kappa shape index (κ2) is 8.09. The third-order valence-electron chi connectivity index (χ3n) is 5.07. The molecule has 1 aliphatic heterocycles. The van der Waals surface area contributed by atoms with E-state index in [1.165, 1.54) is 6.07 Å². The zero-order valence-electron chi connectivity index (χ0n) is 16.1. The molecule has 0 atom stereocenters. The molecular formula is C22H21ClN4O2. The summed E-state index contributed by atoms with van der Waals surface area (Å²) in [5.41, 5.74) is 2.12. The van der Waals surface area contributed by atoms with Crippen LogP contribution < -0.4 is 10.3 Å². The van der Waals surface area contributed by atoms with Crippen LogP contribution in [0.1, 0.15) is 16.2 Å². The summed E-state index contributed by atoms with van der Waals surface area (Å²) in [5.74, 6) is -0.328. The molecule has 1 amide bonds. The first kappa shape index (κ1) is 19.2. The maximum atomic E-state index is 13.0.